The van der Waals surface area contributed by atoms with E-state index in [0.717, 1.165) is 22.4 Å². The summed E-state index contributed by atoms with van der Waals surface area (Å²) in [6.07, 6.45) is 0.672. The van der Waals surface area contributed by atoms with E-state index in [2.05, 4.69) is 5.32 Å². The molecule has 0 atom stereocenters. The van der Waals surface area contributed by atoms with Gasteiger partial charge in [-0.05, 0) is 36.1 Å². The largest absolute Gasteiger partial charge is 0.494 e. The Kier molecular flexibility index (Phi) is 8.23. The smallest absolute Gasteiger partial charge is 0.306 e. The zero-order valence-electron chi connectivity index (χ0n) is 17.6. The molecule has 3 rings (SSSR count). The highest BCUT2D eigenvalue weighted by Crippen LogP contribution is 2.22. The van der Waals surface area contributed by atoms with Crippen LogP contribution in [-0.4, -0.2) is 25.1 Å². The molecule has 0 saturated heterocycles. The van der Waals surface area contributed by atoms with Gasteiger partial charge in [-0.1, -0.05) is 78.9 Å². The summed E-state index contributed by atoms with van der Waals surface area (Å²) in [5.41, 5.74) is 2.86. The third-order valence-electron chi connectivity index (χ3n) is 4.81. The fourth-order valence-corrected chi connectivity index (χ4v) is 3.31. The monoisotopic (exact) mass is 417 g/mol. The highest BCUT2D eigenvalue weighted by Gasteiger charge is 2.17. The Bertz CT molecular complexity index is 933. The Morgan fingerprint density at radius 1 is 0.839 bits per heavy atom. The molecule has 3 aromatic carbocycles. The molecule has 0 aliphatic heterocycles. The van der Waals surface area contributed by atoms with E-state index in [-0.39, 0.29) is 25.0 Å². The third-order valence-corrected chi connectivity index (χ3v) is 4.81. The Morgan fingerprint density at radius 3 is 2.03 bits per heavy atom. The summed E-state index contributed by atoms with van der Waals surface area (Å²) in [7, 11) is 0. The van der Waals surface area contributed by atoms with Gasteiger partial charge in [0.05, 0.1) is 12.6 Å². The van der Waals surface area contributed by atoms with E-state index in [0.29, 0.717) is 13.0 Å². The number of hydrogen-bond acceptors (Lipinski definition) is 4. The van der Waals surface area contributed by atoms with Crippen LogP contribution in [0.1, 0.15) is 36.1 Å². The topological polar surface area (TPSA) is 64.6 Å². The van der Waals surface area contributed by atoms with Crippen LogP contribution in [0.5, 0.6) is 5.75 Å². The molecule has 0 heterocycles. The number of rotatable bonds is 10. The van der Waals surface area contributed by atoms with Gasteiger partial charge >= 0.3 is 5.97 Å². The molecule has 0 fully saturated rings. The average molecular weight is 418 g/mol. The van der Waals surface area contributed by atoms with E-state index < -0.39 is 5.97 Å². The first-order valence-corrected chi connectivity index (χ1v) is 10.4. The van der Waals surface area contributed by atoms with Gasteiger partial charge in [-0.2, -0.15) is 0 Å². The molecule has 160 valence electrons. The van der Waals surface area contributed by atoms with Crippen LogP contribution < -0.4 is 10.1 Å². The Morgan fingerprint density at radius 2 is 1.42 bits per heavy atom. The molecule has 0 saturated carbocycles. The van der Waals surface area contributed by atoms with E-state index in [4.69, 9.17) is 9.47 Å². The van der Waals surface area contributed by atoms with Crippen LogP contribution in [0.25, 0.3) is 0 Å². The molecule has 1 N–H and O–H groups in total. The first-order valence-electron chi connectivity index (χ1n) is 10.4. The third kappa shape index (κ3) is 6.71. The number of carbonyl (C=O) groups is 2. The Balaban J connectivity index is 1.54. The molecule has 0 aromatic heterocycles. The van der Waals surface area contributed by atoms with Crippen LogP contribution in [-0.2, 0) is 20.7 Å². The highest BCUT2D eigenvalue weighted by atomic mass is 16.5. The van der Waals surface area contributed by atoms with E-state index in [9.17, 15) is 9.59 Å². The van der Waals surface area contributed by atoms with Gasteiger partial charge in [0, 0.05) is 6.42 Å². The second-order valence-corrected chi connectivity index (χ2v) is 7.02. The van der Waals surface area contributed by atoms with Crippen LogP contribution in [0, 0.1) is 0 Å². The Labute approximate surface area is 183 Å². The van der Waals surface area contributed by atoms with Gasteiger partial charge < -0.3 is 14.8 Å². The molecule has 31 heavy (non-hydrogen) atoms. The second kappa shape index (κ2) is 11.6. The normalized spacial score (nSPS) is 10.5. The maximum Gasteiger partial charge on any atom is 0.306 e. The van der Waals surface area contributed by atoms with Crippen molar-refractivity contribution in [1.29, 1.82) is 0 Å². The fourth-order valence-electron chi connectivity index (χ4n) is 3.31. The van der Waals surface area contributed by atoms with Crippen molar-refractivity contribution in [2.75, 3.05) is 13.2 Å². The molecule has 0 spiro atoms. The lowest BCUT2D eigenvalue weighted by Crippen LogP contribution is -2.33. The number of carbonyl (C=O) groups excluding carboxylic acids is 2. The summed E-state index contributed by atoms with van der Waals surface area (Å²) in [4.78, 5) is 24.7. The maximum atomic E-state index is 12.5. The predicted molar refractivity (Wildman–Crippen MR) is 120 cm³/mol. The summed E-state index contributed by atoms with van der Waals surface area (Å²) in [5.74, 6) is 0.00213. The van der Waals surface area contributed by atoms with Crippen molar-refractivity contribution in [2.45, 2.75) is 25.8 Å². The van der Waals surface area contributed by atoms with Crippen LogP contribution in [0.2, 0.25) is 0 Å². The minimum atomic E-state index is -0.419. The van der Waals surface area contributed by atoms with Gasteiger partial charge in [0.1, 0.15) is 5.75 Å². The lowest BCUT2D eigenvalue weighted by Gasteiger charge is -2.20. The lowest BCUT2D eigenvalue weighted by atomic mass is 9.99. The quantitative estimate of drug-likeness (QED) is 0.495. The summed E-state index contributed by atoms with van der Waals surface area (Å²) < 4.78 is 10.8. The molecule has 5 nitrogen and oxygen atoms in total. The maximum absolute atomic E-state index is 12.5. The van der Waals surface area contributed by atoms with Crippen molar-refractivity contribution in [3.8, 4) is 5.75 Å². The van der Waals surface area contributed by atoms with E-state index >= 15 is 0 Å². The molecular weight excluding hydrogens is 390 g/mol. The number of hydrogen-bond donors (Lipinski definition) is 1. The summed E-state index contributed by atoms with van der Waals surface area (Å²) in [5, 5.41) is 2.97. The van der Waals surface area contributed by atoms with Gasteiger partial charge in [-0.15, -0.1) is 0 Å². The van der Waals surface area contributed by atoms with Crippen LogP contribution in [0.3, 0.4) is 0 Å². The fraction of sp³-hybridized carbons (Fsp3) is 0.231. The number of ether oxygens (including phenoxy) is 2. The van der Waals surface area contributed by atoms with Crippen molar-refractivity contribution in [1.82, 2.24) is 5.32 Å². The van der Waals surface area contributed by atoms with E-state index in [1.807, 2.05) is 91.9 Å². The first-order chi connectivity index (χ1) is 15.2. The molecule has 0 unspecified atom stereocenters. The molecule has 0 aliphatic carbocycles. The van der Waals surface area contributed by atoms with E-state index in [1.165, 1.54) is 0 Å². The SMILES string of the molecule is CCOc1ccccc1CCC(=O)OCC(=O)NC(c1ccccc1)c1ccccc1. The highest BCUT2D eigenvalue weighted by molar-refractivity contribution is 5.81. The van der Waals surface area contributed by atoms with Crippen molar-refractivity contribution in [3.63, 3.8) is 0 Å². The first kappa shape index (κ1) is 22.1. The number of nitrogens with one attached hydrogen (secondary N) is 1. The van der Waals surface area contributed by atoms with Gasteiger partial charge in [0.25, 0.3) is 5.91 Å². The zero-order valence-corrected chi connectivity index (χ0v) is 17.6. The van der Waals surface area contributed by atoms with Crippen molar-refractivity contribution in [3.05, 3.63) is 102 Å². The minimum absolute atomic E-state index is 0.179. The number of esters is 1. The van der Waals surface area contributed by atoms with Crippen LogP contribution in [0.15, 0.2) is 84.9 Å². The van der Waals surface area contributed by atoms with Crippen molar-refractivity contribution in [2.24, 2.45) is 0 Å². The molecule has 0 bridgehead atoms. The van der Waals surface area contributed by atoms with Gasteiger partial charge in [0.15, 0.2) is 6.61 Å². The minimum Gasteiger partial charge on any atom is -0.494 e. The van der Waals surface area contributed by atoms with E-state index in [1.54, 1.807) is 0 Å². The second-order valence-electron chi connectivity index (χ2n) is 7.02. The molecule has 0 radical (unpaired) electrons. The lowest BCUT2D eigenvalue weighted by molar-refractivity contribution is -0.148. The molecule has 1 amide bonds. The number of benzene rings is 3. The molecule has 0 aliphatic rings. The van der Waals surface area contributed by atoms with Gasteiger partial charge in [-0.25, -0.2) is 0 Å². The Hall–Kier alpha value is -3.60. The molecule has 5 heteroatoms. The van der Waals surface area contributed by atoms with Crippen molar-refractivity contribution < 1.29 is 19.1 Å². The molecule has 3 aromatic rings. The summed E-state index contributed by atoms with van der Waals surface area (Å²) in [6, 6.07) is 26.7. The standard InChI is InChI=1S/C26H27NO4/c1-2-30-23-16-10-9-11-20(23)17-18-25(29)31-19-24(28)27-26(21-12-5-3-6-13-21)22-14-7-4-8-15-22/h3-16,26H,2,17-19H2,1H3,(H,27,28). The summed E-state index contributed by atoms with van der Waals surface area (Å²) in [6.45, 7) is 2.16. The zero-order chi connectivity index (χ0) is 21.9. The molecular formula is C26H27NO4. The average Bonchev–Trinajstić information content (AvgIpc) is 2.82. The summed E-state index contributed by atoms with van der Waals surface area (Å²) >= 11 is 0. The van der Waals surface area contributed by atoms with Crippen LogP contribution >= 0.6 is 0 Å². The number of aryl methyl sites for hydroxylation is 1. The number of amides is 1. The predicted octanol–water partition coefficient (Wildman–Crippen LogP) is 4.47. The van der Waals surface area contributed by atoms with Crippen molar-refractivity contribution >= 4 is 11.9 Å². The van der Waals surface area contributed by atoms with Gasteiger partial charge in [-0.3, -0.25) is 9.59 Å². The number of para-hydroxylation sites is 1. The van der Waals surface area contributed by atoms with Crippen LogP contribution in [0.4, 0.5) is 0 Å². The van der Waals surface area contributed by atoms with Gasteiger partial charge in [0.2, 0.25) is 0 Å².